The zero-order chi connectivity index (χ0) is 16.2. The molecule has 104 valence electrons. The van der Waals surface area contributed by atoms with Crippen LogP contribution >= 0.6 is 0 Å². The number of nitrogens with one attached hydrogen (secondary N) is 1. The van der Waals surface area contributed by atoms with Gasteiger partial charge in [-0.1, -0.05) is 0 Å². The minimum Gasteiger partial charge on any atom is -0.343 e. The van der Waals surface area contributed by atoms with Crippen molar-refractivity contribution in [2.45, 2.75) is 6.92 Å². The number of anilines is 1. The van der Waals surface area contributed by atoms with Crippen LogP contribution in [0.5, 0.6) is 0 Å². The topological polar surface area (TPSA) is 127 Å². The maximum atomic E-state index is 13.9. The van der Waals surface area contributed by atoms with Gasteiger partial charge in [0.05, 0.1) is 10.6 Å². The third kappa shape index (κ3) is 2.91. The Morgan fingerprint density at radius 1 is 1.24 bits per heavy atom. The number of allylic oxidation sites excluding steroid dienone is 2. The Morgan fingerprint density at radius 3 is 2.24 bits per heavy atom. The molecule has 0 aliphatic heterocycles. The SMILES string of the molecule is Cc1c(F)c(NC(C#N)=C(C#N)C#N)cc([N+](=O)[O-])c1F. The number of nitro groups is 1. The molecule has 0 saturated heterocycles. The van der Waals surface area contributed by atoms with Gasteiger partial charge < -0.3 is 5.32 Å². The highest BCUT2D eigenvalue weighted by atomic mass is 19.1. The largest absolute Gasteiger partial charge is 0.343 e. The van der Waals surface area contributed by atoms with E-state index in [1.165, 1.54) is 18.2 Å². The maximum absolute atomic E-state index is 13.9. The minimum atomic E-state index is -1.34. The summed E-state index contributed by atoms with van der Waals surface area (Å²) >= 11 is 0. The van der Waals surface area contributed by atoms with Crippen molar-refractivity contribution in [1.29, 1.82) is 15.8 Å². The van der Waals surface area contributed by atoms with Crippen molar-refractivity contribution < 1.29 is 13.7 Å². The van der Waals surface area contributed by atoms with Gasteiger partial charge in [-0.05, 0) is 6.92 Å². The van der Waals surface area contributed by atoms with Gasteiger partial charge in [0.15, 0.2) is 11.4 Å². The van der Waals surface area contributed by atoms with Gasteiger partial charge in [0.25, 0.3) is 0 Å². The third-order valence-electron chi connectivity index (χ3n) is 2.44. The highest BCUT2D eigenvalue weighted by Crippen LogP contribution is 2.30. The monoisotopic (exact) mass is 289 g/mol. The van der Waals surface area contributed by atoms with Gasteiger partial charge >= 0.3 is 5.69 Å². The first-order valence-electron chi connectivity index (χ1n) is 5.21. The lowest BCUT2D eigenvalue weighted by Crippen LogP contribution is -2.06. The normalized spacial score (nSPS) is 8.95. The summed E-state index contributed by atoms with van der Waals surface area (Å²) in [5.74, 6) is -2.51. The maximum Gasteiger partial charge on any atom is 0.307 e. The van der Waals surface area contributed by atoms with Crippen LogP contribution in [0.3, 0.4) is 0 Å². The van der Waals surface area contributed by atoms with Crippen LogP contribution in [0, 0.1) is 62.7 Å². The van der Waals surface area contributed by atoms with E-state index in [4.69, 9.17) is 15.8 Å². The molecule has 0 spiro atoms. The molecule has 0 saturated carbocycles. The molecule has 0 unspecified atom stereocenters. The molecule has 0 amide bonds. The van der Waals surface area contributed by atoms with Crippen molar-refractivity contribution in [2.24, 2.45) is 0 Å². The summed E-state index contributed by atoms with van der Waals surface area (Å²) in [5, 5.41) is 38.8. The Hall–Kier alpha value is -3.51. The summed E-state index contributed by atoms with van der Waals surface area (Å²) in [7, 11) is 0. The fourth-order valence-electron chi connectivity index (χ4n) is 1.40. The van der Waals surface area contributed by atoms with Crippen LogP contribution in [0.2, 0.25) is 0 Å². The summed E-state index contributed by atoms with van der Waals surface area (Å²) in [6, 6.07) is 4.82. The number of nitro benzene ring substituents is 1. The van der Waals surface area contributed by atoms with E-state index in [2.05, 4.69) is 5.32 Å². The van der Waals surface area contributed by atoms with E-state index in [9.17, 15) is 18.9 Å². The molecule has 0 heterocycles. The average Bonchev–Trinajstić information content (AvgIpc) is 2.46. The van der Waals surface area contributed by atoms with Crippen LogP contribution in [0.4, 0.5) is 20.2 Å². The van der Waals surface area contributed by atoms with E-state index in [1.54, 1.807) is 0 Å². The summed E-state index contributed by atoms with van der Waals surface area (Å²) in [4.78, 5) is 9.62. The van der Waals surface area contributed by atoms with Crippen molar-refractivity contribution in [3.05, 3.63) is 44.6 Å². The smallest absolute Gasteiger partial charge is 0.307 e. The minimum absolute atomic E-state index is 0.543. The summed E-state index contributed by atoms with van der Waals surface area (Å²) in [6.07, 6.45) is 0. The second-order valence-electron chi connectivity index (χ2n) is 3.66. The number of nitrogens with zero attached hydrogens (tertiary/aromatic N) is 4. The molecular weight excluding hydrogens is 284 g/mol. The molecule has 0 fully saturated rings. The number of benzene rings is 1. The fourth-order valence-corrected chi connectivity index (χ4v) is 1.40. The van der Waals surface area contributed by atoms with E-state index in [0.29, 0.717) is 6.07 Å². The summed E-state index contributed by atoms with van der Waals surface area (Å²) < 4.78 is 27.4. The van der Waals surface area contributed by atoms with Crippen LogP contribution < -0.4 is 5.32 Å². The second kappa shape index (κ2) is 6.09. The quantitative estimate of drug-likeness (QED) is 0.517. The van der Waals surface area contributed by atoms with Gasteiger partial charge in [0.1, 0.15) is 23.9 Å². The van der Waals surface area contributed by atoms with Gasteiger partial charge in [0.2, 0.25) is 5.82 Å². The number of hydrogen-bond acceptors (Lipinski definition) is 6. The van der Waals surface area contributed by atoms with Crippen LogP contribution in [0.25, 0.3) is 0 Å². The molecule has 1 aromatic rings. The molecule has 0 aliphatic rings. The highest BCUT2D eigenvalue weighted by molar-refractivity contribution is 5.63. The Labute approximate surface area is 117 Å². The molecule has 1 aromatic carbocycles. The zero-order valence-electron chi connectivity index (χ0n) is 10.4. The predicted molar refractivity (Wildman–Crippen MR) is 65.2 cm³/mol. The summed E-state index contributed by atoms with van der Waals surface area (Å²) in [5.41, 5.74) is -3.44. The van der Waals surface area contributed by atoms with Gasteiger partial charge in [-0.2, -0.15) is 20.2 Å². The standard InChI is InChI=1S/C12H5F2N5O2/c1-6-11(13)8(2-10(12(6)14)19(20)21)18-9(5-17)7(3-15)4-16/h2,18H,1H3. The molecule has 7 nitrogen and oxygen atoms in total. The molecular formula is C12H5F2N5O2. The molecule has 9 heteroatoms. The van der Waals surface area contributed by atoms with Crippen molar-refractivity contribution >= 4 is 11.4 Å². The van der Waals surface area contributed by atoms with Gasteiger partial charge in [-0.25, -0.2) is 4.39 Å². The van der Waals surface area contributed by atoms with E-state index in [1.807, 2.05) is 0 Å². The van der Waals surface area contributed by atoms with E-state index in [-0.39, 0.29) is 0 Å². The number of nitriles is 3. The molecule has 0 aromatic heterocycles. The zero-order valence-corrected chi connectivity index (χ0v) is 10.4. The first-order valence-corrected chi connectivity index (χ1v) is 5.21. The van der Waals surface area contributed by atoms with Crippen LogP contribution in [0.1, 0.15) is 5.56 Å². The Kier molecular flexibility index (Phi) is 4.51. The highest BCUT2D eigenvalue weighted by Gasteiger charge is 2.23. The van der Waals surface area contributed by atoms with Gasteiger partial charge in [-0.3, -0.25) is 10.1 Å². The van der Waals surface area contributed by atoms with Gasteiger partial charge in [0, 0.05) is 11.6 Å². The first-order chi connectivity index (χ1) is 9.87. The van der Waals surface area contributed by atoms with Crippen molar-refractivity contribution in [3.63, 3.8) is 0 Å². The van der Waals surface area contributed by atoms with Crippen molar-refractivity contribution in [1.82, 2.24) is 0 Å². The molecule has 1 N–H and O–H groups in total. The molecule has 1 rings (SSSR count). The first kappa shape index (κ1) is 15.5. The Bertz CT molecular complexity index is 765. The predicted octanol–water partition coefficient (Wildman–Crippen LogP) is 2.42. The lowest BCUT2D eigenvalue weighted by atomic mass is 10.1. The number of rotatable bonds is 3. The Balaban J connectivity index is 3.51. The number of hydrogen-bond donors (Lipinski definition) is 1. The van der Waals surface area contributed by atoms with Crippen molar-refractivity contribution in [2.75, 3.05) is 5.32 Å². The van der Waals surface area contributed by atoms with Crippen LogP contribution in [0.15, 0.2) is 17.3 Å². The summed E-state index contributed by atoms with van der Waals surface area (Å²) in [6.45, 7) is 0.980. The molecule has 0 bridgehead atoms. The third-order valence-corrected chi connectivity index (χ3v) is 2.44. The lowest BCUT2D eigenvalue weighted by molar-refractivity contribution is -0.387. The molecule has 0 atom stereocenters. The molecule has 0 aliphatic carbocycles. The van der Waals surface area contributed by atoms with E-state index in [0.717, 1.165) is 6.92 Å². The van der Waals surface area contributed by atoms with Gasteiger partial charge in [-0.15, -0.1) is 0 Å². The fraction of sp³-hybridized carbons (Fsp3) is 0.0833. The number of halogens is 2. The Morgan fingerprint density at radius 2 is 1.81 bits per heavy atom. The average molecular weight is 289 g/mol. The molecule has 21 heavy (non-hydrogen) atoms. The van der Waals surface area contributed by atoms with Crippen molar-refractivity contribution in [3.8, 4) is 18.2 Å². The lowest BCUT2D eigenvalue weighted by Gasteiger charge is -2.09. The van der Waals surface area contributed by atoms with E-state index < -0.39 is 44.8 Å². The van der Waals surface area contributed by atoms with Crippen LogP contribution in [-0.4, -0.2) is 4.92 Å². The molecule has 0 radical (unpaired) electrons. The second-order valence-corrected chi connectivity index (χ2v) is 3.66. The van der Waals surface area contributed by atoms with Crippen LogP contribution in [-0.2, 0) is 0 Å². The van der Waals surface area contributed by atoms with E-state index >= 15 is 0 Å².